The summed E-state index contributed by atoms with van der Waals surface area (Å²) in [6.45, 7) is 7.04. The molecule has 0 saturated carbocycles. The Balaban J connectivity index is 2.32. The molecule has 0 aromatic carbocycles. The molecule has 0 fully saturated rings. The van der Waals surface area contributed by atoms with Crippen LogP contribution in [0, 0.1) is 5.41 Å². The average molecular weight is 262 g/mol. The highest BCUT2D eigenvalue weighted by Crippen LogP contribution is 2.25. The van der Waals surface area contributed by atoms with Gasteiger partial charge in [0.15, 0.2) is 0 Å². The molecule has 1 aliphatic carbocycles. The Hall–Kier alpha value is -1.58. The normalized spacial score (nSPS) is 14.9. The maximum Gasteiger partial charge on any atom is 0.339 e. The van der Waals surface area contributed by atoms with Crippen LogP contribution in [-0.2, 0) is 12.8 Å². The van der Waals surface area contributed by atoms with Crippen LogP contribution < -0.4 is 5.32 Å². The van der Waals surface area contributed by atoms with Gasteiger partial charge in [-0.1, -0.05) is 20.8 Å². The van der Waals surface area contributed by atoms with Crippen molar-refractivity contribution in [3.8, 4) is 0 Å². The van der Waals surface area contributed by atoms with Crippen LogP contribution in [0.15, 0.2) is 6.07 Å². The summed E-state index contributed by atoms with van der Waals surface area (Å²) in [5.41, 5.74) is 2.55. The summed E-state index contributed by atoms with van der Waals surface area (Å²) in [7, 11) is 0. The van der Waals surface area contributed by atoms with Gasteiger partial charge in [0.05, 0.1) is 0 Å². The number of anilines is 1. The molecule has 2 N–H and O–H groups in total. The van der Waals surface area contributed by atoms with Gasteiger partial charge in [0.1, 0.15) is 11.4 Å². The summed E-state index contributed by atoms with van der Waals surface area (Å²) in [5, 5.41) is 12.5. The lowest BCUT2D eigenvalue weighted by atomic mass is 9.94. The summed E-state index contributed by atoms with van der Waals surface area (Å²) in [5.74, 6) is -0.389. The number of nitrogens with one attached hydrogen (secondary N) is 1. The Labute approximate surface area is 114 Å². The lowest BCUT2D eigenvalue weighted by Gasteiger charge is -2.22. The number of fused-ring (bicyclic) bond motifs is 1. The first-order chi connectivity index (χ1) is 8.87. The second-order valence-corrected chi connectivity index (χ2v) is 6.42. The molecule has 0 radical (unpaired) electrons. The molecule has 0 atom stereocenters. The first kappa shape index (κ1) is 13.8. The van der Waals surface area contributed by atoms with Crippen LogP contribution in [-0.4, -0.2) is 22.6 Å². The van der Waals surface area contributed by atoms with Gasteiger partial charge < -0.3 is 10.4 Å². The monoisotopic (exact) mass is 262 g/mol. The van der Waals surface area contributed by atoms with Crippen molar-refractivity contribution in [2.75, 3.05) is 11.9 Å². The topological polar surface area (TPSA) is 62.2 Å². The number of aromatic carboxylic acids is 1. The number of rotatable bonds is 3. The Kier molecular flexibility index (Phi) is 3.78. The van der Waals surface area contributed by atoms with Gasteiger partial charge in [-0.15, -0.1) is 0 Å². The SMILES string of the molecule is CC(C)(C)CNc1nc2c(cc1C(=O)O)CCCC2. The Bertz CT molecular complexity index is 490. The molecule has 4 nitrogen and oxygen atoms in total. The molecular formula is C15H22N2O2. The highest BCUT2D eigenvalue weighted by atomic mass is 16.4. The summed E-state index contributed by atoms with van der Waals surface area (Å²) in [6.07, 6.45) is 4.18. The van der Waals surface area contributed by atoms with E-state index in [1.54, 1.807) is 6.07 Å². The lowest BCUT2D eigenvalue weighted by molar-refractivity contribution is 0.0697. The molecule has 0 amide bonds. The summed E-state index contributed by atoms with van der Waals surface area (Å²) >= 11 is 0. The minimum absolute atomic E-state index is 0.0906. The highest BCUT2D eigenvalue weighted by molar-refractivity contribution is 5.93. The second-order valence-electron chi connectivity index (χ2n) is 6.42. The zero-order chi connectivity index (χ0) is 14.0. The van der Waals surface area contributed by atoms with Gasteiger partial charge in [0.2, 0.25) is 0 Å². The van der Waals surface area contributed by atoms with Crippen molar-refractivity contribution in [3.05, 3.63) is 22.9 Å². The number of aromatic nitrogens is 1. The molecule has 0 aliphatic heterocycles. The van der Waals surface area contributed by atoms with Crippen LogP contribution in [0.5, 0.6) is 0 Å². The molecule has 4 heteroatoms. The smallest absolute Gasteiger partial charge is 0.339 e. The molecule has 1 aromatic rings. The maximum absolute atomic E-state index is 11.4. The number of carboxylic acids is 1. The Morgan fingerprint density at radius 1 is 1.37 bits per heavy atom. The van der Waals surface area contributed by atoms with Crippen molar-refractivity contribution in [1.82, 2.24) is 4.98 Å². The third kappa shape index (κ3) is 3.46. The van der Waals surface area contributed by atoms with E-state index in [-0.39, 0.29) is 5.41 Å². The molecule has 19 heavy (non-hydrogen) atoms. The van der Waals surface area contributed by atoms with Crippen LogP contribution >= 0.6 is 0 Å². The quantitative estimate of drug-likeness (QED) is 0.878. The van der Waals surface area contributed by atoms with E-state index in [2.05, 4.69) is 31.1 Å². The van der Waals surface area contributed by atoms with E-state index in [1.807, 2.05) is 0 Å². The van der Waals surface area contributed by atoms with E-state index in [1.165, 1.54) is 0 Å². The standard InChI is InChI=1S/C15H22N2O2/c1-15(2,3)9-16-13-11(14(18)19)8-10-6-4-5-7-12(10)17-13/h8H,4-7,9H2,1-3H3,(H,16,17)(H,18,19). The average Bonchev–Trinajstić information content (AvgIpc) is 2.34. The van der Waals surface area contributed by atoms with Gasteiger partial charge >= 0.3 is 5.97 Å². The van der Waals surface area contributed by atoms with E-state index in [0.717, 1.165) is 36.9 Å². The van der Waals surface area contributed by atoms with Crippen molar-refractivity contribution < 1.29 is 9.90 Å². The molecule has 0 spiro atoms. The van der Waals surface area contributed by atoms with Crippen molar-refractivity contribution in [2.45, 2.75) is 46.5 Å². The summed E-state index contributed by atoms with van der Waals surface area (Å²) < 4.78 is 0. The molecule has 0 bridgehead atoms. The predicted molar refractivity (Wildman–Crippen MR) is 75.8 cm³/mol. The molecule has 104 valence electrons. The van der Waals surface area contributed by atoms with Gasteiger partial charge in [-0.3, -0.25) is 0 Å². The van der Waals surface area contributed by atoms with E-state index in [4.69, 9.17) is 0 Å². The minimum atomic E-state index is -0.905. The number of hydrogen-bond donors (Lipinski definition) is 2. The number of carbonyl (C=O) groups is 1. The molecule has 1 aromatic heterocycles. The van der Waals surface area contributed by atoms with Gasteiger partial charge in [0.25, 0.3) is 0 Å². The van der Waals surface area contributed by atoms with Crippen LogP contribution in [0.4, 0.5) is 5.82 Å². The van der Waals surface area contributed by atoms with E-state index >= 15 is 0 Å². The van der Waals surface area contributed by atoms with Crippen molar-refractivity contribution in [3.63, 3.8) is 0 Å². The first-order valence-corrected chi connectivity index (χ1v) is 6.87. The third-order valence-electron chi connectivity index (χ3n) is 3.32. The van der Waals surface area contributed by atoms with Gasteiger partial charge in [-0.05, 0) is 42.7 Å². The van der Waals surface area contributed by atoms with Gasteiger partial charge in [-0.25, -0.2) is 9.78 Å². The fourth-order valence-corrected chi connectivity index (χ4v) is 2.28. The van der Waals surface area contributed by atoms with E-state index < -0.39 is 5.97 Å². The van der Waals surface area contributed by atoms with Gasteiger partial charge in [0, 0.05) is 12.2 Å². The van der Waals surface area contributed by atoms with E-state index in [9.17, 15) is 9.90 Å². The van der Waals surface area contributed by atoms with E-state index in [0.29, 0.717) is 17.9 Å². The Morgan fingerprint density at radius 2 is 2.05 bits per heavy atom. The fraction of sp³-hybridized carbons (Fsp3) is 0.600. The fourth-order valence-electron chi connectivity index (χ4n) is 2.28. The van der Waals surface area contributed by atoms with Crippen LogP contribution in [0.25, 0.3) is 0 Å². The molecule has 1 heterocycles. The Morgan fingerprint density at radius 3 is 2.68 bits per heavy atom. The van der Waals surface area contributed by atoms with Crippen LogP contribution in [0.3, 0.4) is 0 Å². The van der Waals surface area contributed by atoms with Crippen molar-refractivity contribution in [2.24, 2.45) is 5.41 Å². The zero-order valence-corrected chi connectivity index (χ0v) is 11.9. The molecule has 2 rings (SSSR count). The number of pyridine rings is 1. The summed E-state index contributed by atoms with van der Waals surface area (Å²) in [4.78, 5) is 15.9. The number of carboxylic acid groups (broad SMARTS) is 1. The number of nitrogens with zero attached hydrogens (tertiary/aromatic N) is 1. The number of aryl methyl sites for hydroxylation is 2. The lowest BCUT2D eigenvalue weighted by Crippen LogP contribution is -2.22. The molecule has 0 unspecified atom stereocenters. The molecule has 0 saturated heterocycles. The minimum Gasteiger partial charge on any atom is -0.478 e. The van der Waals surface area contributed by atoms with Crippen LogP contribution in [0.1, 0.15) is 55.2 Å². The van der Waals surface area contributed by atoms with Gasteiger partial charge in [-0.2, -0.15) is 0 Å². The van der Waals surface area contributed by atoms with Crippen LogP contribution in [0.2, 0.25) is 0 Å². The second kappa shape index (κ2) is 5.19. The molecular weight excluding hydrogens is 240 g/mol. The third-order valence-corrected chi connectivity index (χ3v) is 3.32. The zero-order valence-electron chi connectivity index (χ0n) is 11.9. The predicted octanol–water partition coefficient (Wildman–Crippen LogP) is 3.12. The first-order valence-electron chi connectivity index (χ1n) is 6.87. The maximum atomic E-state index is 11.4. The van der Waals surface area contributed by atoms with Crippen molar-refractivity contribution in [1.29, 1.82) is 0 Å². The summed E-state index contributed by atoms with van der Waals surface area (Å²) in [6, 6.07) is 1.80. The molecule has 1 aliphatic rings. The highest BCUT2D eigenvalue weighted by Gasteiger charge is 2.20. The number of hydrogen-bond acceptors (Lipinski definition) is 3. The largest absolute Gasteiger partial charge is 0.478 e. The van der Waals surface area contributed by atoms with Crippen molar-refractivity contribution >= 4 is 11.8 Å².